The standard InChI is InChI=1S/C15H30N2/c1-4-5-10-17(15-8-9-15)13(3)12(2)11-16-14-6-7-14/h12-16H,4-11H2,1-3H3. The van der Waals surface area contributed by atoms with Crippen LogP contribution in [0.15, 0.2) is 0 Å². The van der Waals surface area contributed by atoms with Crippen LogP contribution in [-0.2, 0) is 0 Å². The Balaban J connectivity index is 1.74. The highest BCUT2D eigenvalue weighted by Gasteiger charge is 2.33. The molecule has 2 unspecified atom stereocenters. The third-order valence-corrected chi connectivity index (χ3v) is 4.44. The van der Waals surface area contributed by atoms with Crippen molar-refractivity contribution in [2.24, 2.45) is 5.92 Å². The number of hydrogen-bond donors (Lipinski definition) is 1. The van der Waals surface area contributed by atoms with Gasteiger partial charge < -0.3 is 5.32 Å². The average Bonchev–Trinajstić information content (AvgIpc) is 3.16. The highest BCUT2D eigenvalue weighted by molar-refractivity contribution is 4.90. The number of hydrogen-bond acceptors (Lipinski definition) is 2. The lowest BCUT2D eigenvalue weighted by Crippen LogP contribution is -2.43. The zero-order chi connectivity index (χ0) is 12.3. The Morgan fingerprint density at radius 3 is 2.41 bits per heavy atom. The van der Waals surface area contributed by atoms with Crippen molar-refractivity contribution in [3.8, 4) is 0 Å². The molecule has 2 rings (SSSR count). The molecule has 2 atom stereocenters. The van der Waals surface area contributed by atoms with E-state index in [9.17, 15) is 0 Å². The molecule has 2 saturated carbocycles. The van der Waals surface area contributed by atoms with Gasteiger partial charge in [0.15, 0.2) is 0 Å². The first-order valence-corrected chi connectivity index (χ1v) is 7.71. The van der Waals surface area contributed by atoms with Gasteiger partial charge >= 0.3 is 0 Å². The van der Waals surface area contributed by atoms with Gasteiger partial charge in [-0.3, -0.25) is 4.90 Å². The van der Waals surface area contributed by atoms with Crippen molar-refractivity contribution in [2.75, 3.05) is 13.1 Å². The second-order valence-electron chi connectivity index (χ2n) is 6.22. The predicted octanol–water partition coefficient (Wildman–Crippen LogP) is 3.03. The second kappa shape index (κ2) is 6.19. The molecule has 0 heterocycles. The predicted molar refractivity (Wildman–Crippen MR) is 74.3 cm³/mol. The summed E-state index contributed by atoms with van der Waals surface area (Å²) in [6.45, 7) is 9.68. The Kier molecular flexibility index (Phi) is 4.87. The molecule has 0 aliphatic heterocycles. The molecule has 0 aromatic rings. The Labute approximate surface area is 107 Å². The van der Waals surface area contributed by atoms with Crippen molar-refractivity contribution < 1.29 is 0 Å². The summed E-state index contributed by atoms with van der Waals surface area (Å²) in [7, 11) is 0. The molecule has 2 aliphatic rings. The van der Waals surface area contributed by atoms with E-state index in [1.54, 1.807) is 0 Å². The Morgan fingerprint density at radius 1 is 1.18 bits per heavy atom. The maximum atomic E-state index is 3.68. The third-order valence-electron chi connectivity index (χ3n) is 4.44. The van der Waals surface area contributed by atoms with Gasteiger partial charge in [0.2, 0.25) is 0 Å². The second-order valence-corrected chi connectivity index (χ2v) is 6.22. The summed E-state index contributed by atoms with van der Waals surface area (Å²) in [5, 5.41) is 3.68. The van der Waals surface area contributed by atoms with E-state index >= 15 is 0 Å². The van der Waals surface area contributed by atoms with Gasteiger partial charge in [0.1, 0.15) is 0 Å². The third kappa shape index (κ3) is 4.26. The van der Waals surface area contributed by atoms with Crippen molar-refractivity contribution in [1.82, 2.24) is 10.2 Å². The molecule has 1 N–H and O–H groups in total. The van der Waals surface area contributed by atoms with Crippen molar-refractivity contribution in [3.05, 3.63) is 0 Å². The van der Waals surface area contributed by atoms with E-state index in [2.05, 4.69) is 31.0 Å². The van der Waals surface area contributed by atoms with E-state index in [1.807, 2.05) is 0 Å². The van der Waals surface area contributed by atoms with E-state index in [-0.39, 0.29) is 0 Å². The maximum Gasteiger partial charge on any atom is 0.0108 e. The normalized spacial score (nSPS) is 24.0. The SMILES string of the molecule is CCCCN(C1CC1)C(C)C(C)CNC1CC1. The summed E-state index contributed by atoms with van der Waals surface area (Å²) in [6, 6.07) is 2.52. The van der Waals surface area contributed by atoms with Gasteiger partial charge in [-0.2, -0.15) is 0 Å². The van der Waals surface area contributed by atoms with Crippen LogP contribution in [0.5, 0.6) is 0 Å². The van der Waals surface area contributed by atoms with Gasteiger partial charge in [0.05, 0.1) is 0 Å². The van der Waals surface area contributed by atoms with Crippen molar-refractivity contribution in [3.63, 3.8) is 0 Å². The highest BCUT2D eigenvalue weighted by Crippen LogP contribution is 2.31. The molecule has 0 saturated heterocycles. The van der Waals surface area contributed by atoms with Gasteiger partial charge in [-0.05, 0) is 58.0 Å². The minimum atomic E-state index is 0.750. The topological polar surface area (TPSA) is 15.3 Å². The van der Waals surface area contributed by atoms with Crippen LogP contribution in [0.1, 0.15) is 59.3 Å². The minimum absolute atomic E-state index is 0.750. The zero-order valence-corrected chi connectivity index (χ0v) is 11.9. The first-order chi connectivity index (χ1) is 8.22. The van der Waals surface area contributed by atoms with E-state index < -0.39 is 0 Å². The quantitative estimate of drug-likeness (QED) is 0.664. The molecule has 0 radical (unpaired) electrons. The van der Waals surface area contributed by atoms with E-state index in [0.29, 0.717) is 0 Å². The van der Waals surface area contributed by atoms with Crippen LogP contribution < -0.4 is 5.32 Å². The fourth-order valence-corrected chi connectivity index (χ4v) is 2.60. The van der Waals surface area contributed by atoms with Gasteiger partial charge in [0.25, 0.3) is 0 Å². The monoisotopic (exact) mass is 238 g/mol. The molecule has 100 valence electrons. The fraction of sp³-hybridized carbons (Fsp3) is 1.00. The number of nitrogens with zero attached hydrogens (tertiary/aromatic N) is 1. The lowest BCUT2D eigenvalue weighted by molar-refractivity contribution is 0.148. The van der Waals surface area contributed by atoms with Gasteiger partial charge in [-0.25, -0.2) is 0 Å². The Morgan fingerprint density at radius 2 is 1.88 bits per heavy atom. The summed E-state index contributed by atoms with van der Waals surface area (Å²) in [5.74, 6) is 0.785. The van der Waals surface area contributed by atoms with Crippen LogP contribution in [0.2, 0.25) is 0 Å². The molecule has 0 aromatic carbocycles. The summed E-state index contributed by atoms with van der Waals surface area (Å²) in [4.78, 5) is 2.78. The molecule has 0 aromatic heterocycles. The van der Waals surface area contributed by atoms with Gasteiger partial charge in [-0.1, -0.05) is 20.3 Å². The lowest BCUT2D eigenvalue weighted by atomic mass is 10.0. The molecule has 17 heavy (non-hydrogen) atoms. The smallest absolute Gasteiger partial charge is 0.0108 e. The lowest BCUT2D eigenvalue weighted by Gasteiger charge is -2.33. The van der Waals surface area contributed by atoms with Crippen LogP contribution in [0.3, 0.4) is 0 Å². The van der Waals surface area contributed by atoms with E-state index in [0.717, 1.165) is 24.0 Å². The molecule has 2 nitrogen and oxygen atoms in total. The summed E-state index contributed by atoms with van der Waals surface area (Å²) < 4.78 is 0. The molecular formula is C15H30N2. The van der Waals surface area contributed by atoms with E-state index in [1.165, 1.54) is 51.6 Å². The van der Waals surface area contributed by atoms with Crippen LogP contribution in [-0.4, -0.2) is 36.1 Å². The van der Waals surface area contributed by atoms with Crippen molar-refractivity contribution >= 4 is 0 Å². The number of rotatable bonds is 9. The first kappa shape index (κ1) is 13.4. The summed E-state index contributed by atoms with van der Waals surface area (Å²) >= 11 is 0. The van der Waals surface area contributed by atoms with Crippen LogP contribution in [0.25, 0.3) is 0 Å². The molecule has 2 fully saturated rings. The molecule has 0 spiro atoms. The van der Waals surface area contributed by atoms with Gasteiger partial charge in [-0.15, -0.1) is 0 Å². The zero-order valence-electron chi connectivity index (χ0n) is 11.9. The first-order valence-electron chi connectivity index (χ1n) is 7.71. The largest absolute Gasteiger partial charge is 0.314 e. The molecule has 0 amide bonds. The van der Waals surface area contributed by atoms with Crippen molar-refractivity contribution in [2.45, 2.75) is 77.4 Å². The number of nitrogens with one attached hydrogen (secondary N) is 1. The molecule has 0 bridgehead atoms. The van der Waals surface area contributed by atoms with E-state index in [4.69, 9.17) is 0 Å². The average molecular weight is 238 g/mol. The number of unbranched alkanes of at least 4 members (excludes halogenated alkanes) is 1. The summed E-state index contributed by atoms with van der Waals surface area (Å²) in [5.41, 5.74) is 0. The van der Waals surface area contributed by atoms with Crippen LogP contribution in [0.4, 0.5) is 0 Å². The fourth-order valence-electron chi connectivity index (χ4n) is 2.60. The minimum Gasteiger partial charge on any atom is -0.314 e. The Hall–Kier alpha value is -0.0800. The summed E-state index contributed by atoms with van der Waals surface area (Å²) in [6.07, 6.45) is 8.38. The Bertz CT molecular complexity index is 221. The molecular weight excluding hydrogens is 208 g/mol. The van der Waals surface area contributed by atoms with Crippen LogP contribution in [0, 0.1) is 5.92 Å². The van der Waals surface area contributed by atoms with Crippen LogP contribution >= 0.6 is 0 Å². The van der Waals surface area contributed by atoms with Gasteiger partial charge in [0, 0.05) is 18.1 Å². The highest BCUT2D eigenvalue weighted by atomic mass is 15.2. The molecule has 2 aliphatic carbocycles. The molecule has 2 heteroatoms. The van der Waals surface area contributed by atoms with Crippen molar-refractivity contribution in [1.29, 1.82) is 0 Å². The maximum absolute atomic E-state index is 3.68.